The van der Waals surface area contributed by atoms with Gasteiger partial charge >= 0.3 is 0 Å². The topological polar surface area (TPSA) is 21.1 Å². The second kappa shape index (κ2) is 5.11. The maximum atomic E-state index is 4.41. The zero-order valence-electron chi connectivity index (χ0n) is 11.2. The first-order valence-electron chi connectivity index (χ1n) is 6.47. The number of aromatic nitrogens is 2. The highest BCUT2D eigenvalue weighted by Gasteiger charge is 2.28. The van der Waals surface area contributed by atoms with Crippen LogP contribution in [0.3, 0.4) is 0 Å². The lowest BCUT2D eigenvalue weighted by Crippen LogP contribution is -2.28. The maximum Gasteiger partial charge on any atom is 0.177 e. The van der Waals surface area contributed by atoms with Crippen molar-refractivity contribution in [3.8, 4) is 0 Å². The van der Waals surface area contributed by atoms with Gasteiger partial charge in [-0.2, -0.15) is 0 Å². The van der Waals surface area contributed by atoms with Gasteiger partial charge in [0.15, 0.2) is 4.73 Å². The van der Waals surface area contributed by atoms with Crippen LogP contribution in [0.5, 0.6) is 0 Å². The quantitative estimate of drug-likeness (QED) is 0.853. The summed E-state index contributed by atoms with van der Waals surface area (Å²) >= 11 is 3.55. The lowest BCUT2D eigenvalue weighted by atomic mass is 10.1. The van der Waals surface area contributed by atoms with Gasteiger partial charge in [0.1, 0.15) is 0 Å². The molecule has 1 saturated heterocycles. The molecule has 0 amide bonds. The fraction of sp³-hybridized carbons (Fsp3) is 0.769. The lowest BCUT2D eigenvalue weighted by molar-refractivity contribution is 0.271. The minimum atomic E-state index is 0.468. The van der Waals surface area contributed by atoms with Gasteiger partial charge < -0.3 is 9.47 Å². The van der Waals surface area contributed by atoms with Crippen LogP contribution in [0.1, 0.15) is 51.8 Å². The van der Waals surface area contributed by atoms with Gasteiger partial charge in [-0.3, -0.25) is 0 Å². The van der Waals surface area contributed by atoms with Crippen molar-refractivity contribution in [3.05, 3.63) is 16.6 Å². The summed E-state index contributed by atoms with van der Waals surface area (Å²) in [5.41, 5.74) is 1.38. The molecule has 4 heteroatoms. The highest BCUT2D eigenvalue weighted by atomic mass is 79.9. The Bertz CT molecular complexity index is 384. The van der Waals surface area contributed by atoms with Crippen molar-refractivity contribution in [2.75, 3.05) is 13.1 Å². The lowest BCUT2D eigenvalue weighted by Gasteiger charge is -2.21. The van der Waals surface area contributed by atoms with E-state index in [1.54, 1.807) is 0 Å². The normalized spacial score (nSPS) is 21.9. The summed E-state index contributed by atoms with van der Waals surface area (Å²) < 4.78 is 3.28. The first kappa shape index (κ1) is 13.1. The molecule has 2 heterocycles. The highest BCUT2D eigenvalue weighted by Crippen LogP contribution is 2.31. The second-order valence-corrected chi connectivity index (χ2v) is 6.20. The monoisotopic (exact) mass is 299 g/mol. The maximum absolute atomic E-state index is 4.41. The van der Waals surface area contributed by atoms with Crippen molar-refractivity contribution in [3.63, 3.8) is 0 Å². The predicted octanol–water partition coefficient (Wildman–Crippen LogP) is 3.42. The van der Waals surface area contributed by atoms with E-state index < -0.39 is 0 Å². The molecule has 3 nitrogen and oxygen atoms in total. The molecule has 1 aromatic rings. The predicted molar refractivity (Wildman–Crippen MR) is 74.4 cm³/mol. The van der Waals surface area contributed by atoms with Crippen LogP contribution in [0.25, 0.3) is 0 Å². The zero-order chi connectivity index (χ0) is 12.6. The molecule has 1 aliphatic rings. The Labute approximate surface area is 112 Å². The summed E-state index contributed by atoms with van der Waals surface area (Å²) in [4.78, 5) is 6.97. The number of nitrogens with zero attached hydrogens (tertiary/aromatic N) is 3. The van der Waals surface area contributed by atoms with Gasteiger partial charge in [0.05, 0.1) is 0 Å². The average Bonchev–Trinajstić information content (AvgIpc) is 2.82. The fourth-order valence-electron chi connectivity index (χ4n) is 2.66. The van der Waals surface area contributed by atoms with E-state index in [0.29, 0.717) is 18.0 Å². The standard InChI is InChI=1S/C13H22BrN3/c1-9(2)16-6-5-11(8-16)12-7-15-13(14)17(12)10(3)4/h7,9-11H,5-6,8H2,1-4H3. The third kappa shape index (κ3) is 2.58. The van der Waals surface area contributed by atoms with Crippen molar-refractivity contribution in [2.45, 2.75) is 52.1 Å². The SMILES string of the molecule is CC(C)N1CCC(c2cnc(Br)n2C(C)C)C1. The molecular weight excluding hydrogens is 278 g/mol. The van der Waals surface area contributed by atoms with Gasteiger partial charge in [-0.1, -0.05) is 0 Å². The Kier molecular flexibility index (Phi) is 3.93. The van der Waals surface area contributed by atoms with E-state index >= 15 is 0 Å². The van der Waals surface area contributed by atoms with Gasteiger partial charge in [-0.05, 0) is 56.6 Å². The van der Waals surface area contributed by atoms with Crippen LogP contribution >= 0.6 is 15.9 Å². The summed E-state index contributed by atoms with van der Waals surface area (Å²) in [6.07, 6.45) is 3.29. The number of hydrogen-bond acceptors (Lipinski definition) is 2. The van der Waals surface area contributed by atoms with Gasteiger partial charge in [0.25, 0.3) is 0 Å². The molecule has 1 atom stereocenters. The molecule has 0 radical (unpaired) electrons. The first-order chi connectivity index (χ1) is 8.00. The summed E-state index contributed by atoms with van der Waals surface area (Å²) in [5, 5.41) is 0. The van der Waals surface area contributed by atoms with E-state index in [1.807, 2.05) is 6.20 Å². The summed E-state index contributed by atoms with van der Waals surface area (Å²) in [5.74, 6) is 0.638. The molecule has 0 spiro atoms. The van der Waals surface area contributed by atoms with Gasteiger partial charge in [0.2, 0.25) is 0 Å². The van der Waals surface area contributed by atoms with Crippen LogP contribution in [0.15, 0.2) is 10.9 Å². The molecule has 0 aliphatic carbocycles. The molecule has 2 rings (SSSR count). The Morgan fingerprint density at radius 3 is 2.53 bits per heavy atom. The largest absolute Gasteiger partial charge is 0.320 e. The van der Waals surface area contributed by atoms with Gasteiger partial charge in [-0.15, -0.1) is 0 Å². The zero-order valence-corrected chi connectivity index (χ0v) is 12.7. The Balaban J connectivity index is 2.19. The van der Waals surface area contributed by atoms with Crippen LogP contribution in [0.2, 0.25) is 0 Å². The summed E-state index contributed by atoms with van der Waals surface area (Å²) in [6, 6.07) is 1.12. The Morgan fingerprint density at radius 1 is 1.29 bits per heavy atom. The molecule has 1 aliphatic heterocycles. The number of halogens is 1. The summed E-state index contributed by atoms with van der Waals surface area (Å²) in [6.45, 7) is 11.4. The van der Waals surface area contributed by atoms with Crippen LogP contribution in [0, 0.1) is 0 Å². The number of hydrogen-bond donors (Lipinski definition) is 0. The number of rotatable bonds is 3. The van der Waals surface area contributed by atoms with Crippen molar-refractivity contribution in [1.82, 2.24) is 14.5 Å². The molecular formula is C13H22BrN3. The minimum absolute atomic E-state index is 0.468. The molecule has 17 heavy (non-hydrogen) atoms. The third-order valence-corrected chi connectivity index (χ3v) is 4.25. The minimum Gasteiger partial charge on any atom is -0.320 e. The molecule has 0 saturated carbocycles. The van der Waals surface area contributed by atoms with Crippen LogP contribution in [-0.2, 0) is 0 Å². The van der Waals surface area contributed by atoms with E-state index in [4.69, 9.17) is 0 Å². The van der Waals surface area contributed by atoms with Gasteiger partial charge in [-0.25, -0.2) is 4.98 Å². The molecule has 1 aromatic heterocycles. The average molecular weight is 300 g/mol. The van der Waals surface area contributed by atoms with Crippen molar-refractivity contribution < 1.29 is 0 Å². The summed E-state index contributed by atoms with van der Waals surface area (Å²) in [7, 11) is 0. The highest BCUT2D eigenvalue weighted by molar-refractivity contribution is 9.10. The molecule has 0 bridgehead atoms. The molecule has 1 unspecified atom stereocenters. The molecule has 0 aromatic carbocycles. The van der Waals surface area contributed by atoms with E-state index in [1.165, 1.54) is 25.2 Å². The number of likely N-dealkylation sites (tertiary alicyclic amines) is 1. The fourth-order valence-corrected chi connectivity index (χ4v) is 3.38. The molecule has 96 valence electrons. The van der Waals surface area contributed by atoms with Crippen molar-refractivity contribution in [2.24, 2.45) is 0 Å². The smallest absolute Gasteiger partial charge is 0.177 e. The number of imidazole rings is 1. The van der Waals surface area contributed by atoms with E-state index in [0.717, 1.165) is 4.73 Å². The molecule has 1 fully saturated rings. The van der Waals surface area contributed by atoms with Gasteiger partial charge in [0, 0.05) is 36.4 Å². The van der Waals surface area contributed by atoms with Crippen LogP contribution in [0.4, 0.5) is 0 Å². The van der Waals surface area contributed by atoms with E-state index in [2.05, 4.69) is 58.1 Å². The first-order valence-corrected chi connectivity index (χ1v) is 7.26. The third-order valence-electron chi connectivity index (χ3n) is 3.66. The van der Waals surface area contributed by atoms with Crippen molar-refractivity contribution >= 4 is 15.9 Å². The van der Waals surface area contributed by atoms with Crippen LogP contribution < -0.4 is 0 Å². The van der Waals surface area contributed by atoms with Crippen molar-refractivity contribution in [1.29, 1.82) is 0 Å². The van der Waals surface area contributed by atoms with E-state index in [-0.39, 0.29) is 0 Å². The Morgan fingerprint density at radius 2 is 2.00 bits per heavy atom. The van der Waals surface area contributed by atoms with Crippen LogP contribution in [-0.4, -0.2) is 33.6 Å². The second-order valence-electron chi connectivity index (χ2n) is 5.49. The molecule has 0 N–H and O–H groups in total. The van der Waals surface area contributed by atoms with E-state index in [9.17, 15) is 0 Å². The Hall–Kier alpha value is -0.350.